The third-order valence-corrected chi connectivity index (χ3v) is 4.68. The van der Waals surface area contributed by atoms with Gasteiger partial charge in [-0.15, -0.1) is 0 Å². The summed E-state index contributed by atoms with van der Waals surface area (Å²) in [4.78, 5) is 16.9. The number of sulfonamides is 1. The molecule has 0 aliphatic carbocycles. The van der Waals surface area contributed by atoms with Crippen molar-refractivity contribution in [3.63, 3.8) is 0 Å². The van der Waals surface area contributed by atoms with Gasteiger partial charge in [-0.25, -0.2) is 8.42 Å². The van der Waals surface area contributed by atoms with Gasteiger partial charge in [0.25, 0.3) is 10.0 Å². The molecule has 0 bridgehead atoms. The van der Waals surface area contributed by atoms with Crippen molar-refractivity contribution in [1.82, 2.24) is 5.32 Å². The highest BCUT2D eigenvalue weighted by Crippen LogP contribution is 2.17. The number of anilines is 1. The number of nitrogens with one attached hydrogen (secondary N) is 2. The quantitative estimate of drug-likeness (QED) is 0.210. The average Bonchev–Trinajstić information content (AvgIpc) is 2.62. The van der Waals surface area contributed by atoms with Gasteiger partial charge in [0.1, 0.15) is 6.61 Å². The number of nitrogens with zero attached hydrogens (tertiary/aromatic N) is 1. The largest absolute Gasteiger partial charge is 0.391 e. The fourth-order valence-electron chi connectivity index (χ4n) is 2.16. The summed E-state index contributed by atoms with van der Waals surface area (Å²) in [6.45, 7) is 0.358. The number of hydrogen-bond donors (Lipinski definition) is 4. The first-order valence-electron chi connectivity index (χ1n) is 8.01. The van der Waals surface area contributed by atoms with Gasteiger partial charge in [-0.2, -0.15) is 0 Å². The zero-order valence-corrected chi connectivity index (χ0v) is 15.3. The predicted octanol–water partition coefficient (Wildman–Crippen LogP) is 0.351. The van der Waals surface area contributed by atoms with Gasteiger partial charge >= 0.3 is 0 Å². The van der Waals surface area contributed by atoms with E-state index >= 15 is 0 Å². The zero-order valence-electron chi connectivity index (χ0n) is 14.5. The Morgan fingerprint density at radius 2 is 1.81 bits per heavy atom. The third kappa shape index (κ3) is 6.86. The van der Waals surface area contributed by atoms with E-state index < -0.39 is 10.0 Å². The van der Waals surface area contributed by atoms with E-state index in [1.165, 1.54) is 12.1 Å². The van der Waals surface area contributed by atoms with E-state index in [1.807, 2.05) is 0 Å². The van der Waals surface area contributed by atoms with Crippen LogP contribution in [0.25, 0.3) is 0 Å². The molecule has 0 aromatic heterocycles. The third-order valence-electron chi connectivity index (χ3n) is 3.28. The summed E-state index contributed by atoms with van der Waals surface area (Å²) < 4.78 is 27.2. The maximum Gasteiger partial charge on any atom is 0.261 e. The van der Waals surface area contributed by atoms with Crippen LogP contribution >= 0.6 is 0 Å². The molecule has 2 rings (SSSR count). The second-order valence-electron chi connectivity index (χ2n) is 5.50. The van der Waals surface area contributed by atoms with Crippen molar-refractivity contribution in [3.05, 3.63) is 60.2 Å². The van der Waals surface area contributed by atoms with Crippen LogP contribution in [0.4, 0.5) is 5.69 Å². The minimum Gasteiger partial charge on any atom is -0.391 e. The Hall–Kier alpha value is -3.27. The number of oxime groups is 1. The van der Waals surface area contributed by atoms with Crippen molar-refractivity contribution in [3.8, 4) is 0 Å². The summed E-state index contributed by atoms with van der Waals surface area (Å²) in [6.07, 6.45) is 0.0865. The van der Waals surface area contributed by atoms with E-state index in [-0.39, 0.29) is 36.3 Å². The lowest BCUT2D eigenvalue weighted by atomic mass is 10.1. The molecular weight excluding hydrogens is 370 g/mol. The van der Waals surface area contributed by atoms with E-state index in [0.717, 1.165) is 0 Å². The molecule has 0 radical (unpaired) electrons. The molecule has 0 aliphatic rings. The van der Waals surface area contributed by atoms with Crippen LogP contribution in [-0.2, 0) is 26.1 Å². The lowest BCUT2D eigenvalue weighted by molar-refractivity contribution is -0.120. The monoisotopic (exact) mass is 391 g/mol. The van der Waals surface area contributed by atoms with Gasteiger partial charge in [0.05, 0.1) is 17.9 Å². The first-order valence-corrected chi connectivity index (χ1v) is 9.49. The Morgan fingerprint density at radius 3 is 2.52 bits per heavy atom. The number of guanidine groups is 1. The summed E-state index contributed by atoms with van der Waals surface area (Å²) in [5.74, 6) is -0.442. The highest BCUT2D eigenvalue weighted by atomic mass is 32.2. The molecule has 0 saturated carbocycles. The molecule has 9 nitrogen and oxygen atoms in total. The minimum absolute atomic E-state index is 0.0865. The number of rotatable bonds is 9. The smallest absolute Gasteiger partial charge is 0.261 e. The molecule has 2 aromatic rings. The number of hydrogen-bond acceptors (Lipinski definition) is 5. The van der Waals surface area contributed by atoms with E-state index in [2.05, 4.69) is 15.2 Å². The minimum atomic E-state index is -3.69. The van der Waals surface area contributed by atoms with Crippen LogP contribution in [0.15, 0.2) is 64.6 Å². The second-order valence-corrected chi connectivity index (χ2v) is 7.18. The molecule has 10 heteroatoms. The summed E-state index contributed by atoms with van der Waals surface area (Å²) in [5.41, 5.74) is 11.2. The van der Waals surface area contributed by atoms with E-state index in [1.54, 1.807) is 42.5 Å². The van der Waals surface area contributed by atoms with Gasteiger partial charge in [0.15, 0.2) is 0 Å². The van der Waals surface area contributed by atoms with Crippen molar-refractivity contribution < 1.29 is 18.0 Å². The molecule has 1 amide bonds. The first-order chi connectivity index (χ1) is 12.9. The topological polar surface area (TPSA) is 149 Å². The van der Waals surface area contributed by atoms with Crippen LogP contribution in [0.3, 0.4) is 0 Å². The molecule has 6 N–H and O–H groups in total. The highest BCUT2D eigenvalue weighted by Gasteiger charge is 2.13. The van der Waals surface area contributed by atoms with Gasteiger partial charge < -0.3 is 21.6 Å². The molecule has 144 valence electrons. The van der Waals surface area contributed by atoms with Crippen LogP contribution < -0.4 is 21.5 Å². The van der Waals surface area contributed by atoms with Crippen LogP contribution in [0, 0.1) is 0 Å². The van der Waals surface area contributed by atoms with Gasteiger partial charge in [-0.3, -0.25) is 9.52 Å². The summed E-state index contributed by atoms with van der Waals surface area (Å²) >= 11 is 0. The molecular formula is C17H21N5O4S. The summed E-state index contributed by atoms with van der Waals surface area (Å²) in [7, 11) is -3.69. The van der Waals surface area contributed by atoms with Crippen LogP contribution in [0.2, 0.25) is 0 Å². The Morgan fingerprint density at radius 1 is 1.07 bits per heavy atom. The van der Waals surface area contributed by atoms with Crippen molar-refractivity contribution in [2.45, 2.75) is 11.3 Å². The summed E-state index contributed by atoms with van der Waals surface area (Å²) in [6, 6.07) is 14.7. The normalized spacial score (nSPS) is 10.7. The molecule has 0 aliphatic heterocycles. The standard InChI is InChI=1S/C17H21N5O4S/c18-17(19)21-26-10-9-20-16(23)12-13-5-4-6-14(11-13)22-27(24,25)15-7-2-1-3-8-15/h1-8,11,22H,9-10,12H2,(H,20,23)(H4,18,19,21). The van der Waals surface area contributed by atoms with Crippen molar-refractivity contribution >= 4 is 27.6 Å². The van der Waals surface area contributed by atoms with Crippen LogP contribution in [0.1, 0.15) is 5.56 Å². The highest BCUT2D eigenvalue weighted by molar-refractivity contribution is 7.92. The molecule has 27 heavy (non-hydrogen) atoms. The first kappa shape index (κ1) is 20.0. The second kappa shape index (κ2) is 9.43. The molecule has 0 saturated heterocycles. The molecule has 0 spiro atoms. The fourth-order valence-corrected chi connectivity index (χ4v) is 3.23. The molecule has 0 atom stereocenters. The Balaban J connectivity index is 1.91. The molecule has 2 aromatic carbocycles. The van der Waals surface area contributed by atoms with Gasteiger partial charge in [-0.1, -0.05) is 30.3 Å². The number of carbonyl (C=O) groups excluding carboxylic acids is 1. The maximum atomic E-state index is 12.4. The van der Waals surface area contributed by atoms with Gasteiger partial charge in [0.2, 0.25) is 11.9 Å². The molecule has 0 unspecified atom stereocenters. The van der Waals surface area contributed by atoms with E-state index in [0.29, 0.717) is 11.3 Å². The van der Waals surface area contributed by atoms with Crippen molar-refractivity contribution in [1.29, 1.82) is 0 Å². The van der Waals surface area contributed by atoms with E-state index in [4.69, 9.17) is 16.3 Å². The number of amides is 1. The number of nitrogens with two attached hydrogens (primary N) is 2. The number of carbonyl (C=O) groups is 1. The van der Waals surface area contributed by atoms with Crippen molar-refractivity contribution in [2.24, 2.45) is 16.6 Å². The molecule has 0 heterocycles. The maximum absolute atomic E-state index is 12.4. The lowest BCUT2D eigenvalue weighted by Crippen LogP contribution is -2.29. The average molecular weight is 391 g/mol. The predicted molar refractivity (Wildman–Crippen MR) is 102 cm³/mol. The molecule has 0 fully saturated rings. The Labute approximate surface area is 157 Å². The van der Waals surface area contributed by atoms with Gasteiger partial charge in [-0.05, 0) is 35.0 Å². The van der Waals surface area contributed by atoms with Gasteiger partial charge in [0, 0.05) is 5.69 Å². The van der Waals surface area contributed by atoms with E-state index in [9.17, 15) is 13.2 Å². The summed E-state index contributed by atoms with van der Waals surface area (Å²) in [5, 5.41) is 5.98. The zero-order chi connectivity index (χ0) is 19.7. The number of benzene rings is 2. The van der Waals surface area contributed by atoms with Crippen molar-refractivity contribution in [2.75, 3.05) is 17.9 Å². The van der Waals surface area contributed by atoms with Crippen LogP contribution in [0.5, 0.6) is 0 Å². The van der Waals surface area contributed by atoms with Crippen LogP contribution in [-0.4, -0.2) is 33.4 Å². The SMILES string of the molecule is NC(N)=NOCCNC(=O)Cc1cccc(NS(=O)(=O)c2ccccc2)c1. The fraction of sp³-hybridized carbons (Fsp3) is 0.176. The Kier molecular flexibility index (Phi) is 7.00. The Bertz CT molecular complexity index is 897. The lowest BCUT2D eigenvalue weighted by Gasteiger charge is -2.10.